The molecule has 0 spiro atoms. The van der Waals surface area contributed by atoms with E-state index in [0.29, 0.717) is 30.1 Å². The van der Waals surface area contributed by atoms with E-state index < -0.39 is 0 Å². The number of nitrogens with zero attached hydrogens (tertiary/aromatic N) is 4. The lowest BCUT2D eigenvalue weighted by molar-refractivity contribution is 0.0724. The number of aromatic nitrogens is 2. The van der Waals surface area contributed by atoms with Gasteiger partial charge in [0.15, 0.2) is 0 Å². The van der Waals surface area contributed by atoms with E-state index in [9.17, 15) is 4.79 Å². The molecule has 23 heavy (non-hydrogen) atoms. The normalized spacial score (nSPS) is 15.2. The van der Waals surface area contributed by atoms with Crippen molar-refractivity contribution in [2.24, 2.45) is 0 Å². The standard InChI is InChI=1S/C16H22N4O2S/c1-12-15(13(2)22-18-12)16(21)20(11-14-17-5-10-23-14)9-8-19-6-3-4-7-19/h5,10H,3-4,6-9,11H2,1-2H3. The Morgan fingerprint density at radius 3 is 2.78 bits per heavy atom. The minimum Gasteiger partial charge on any atom is -0.361 e. The van der Waals surface area contributed by atoms with Crippen LogP contribution in [0.4, 0.5) is 0 Å². The minimum absolute atomic E-state index is 0.0179. The Kier molecular flexibility index (Phi) is 5.07. The fourth-order valence-electron chi connectivity index (χ4n) is 2.96. The second-order valence-electron chi connectivity index (χ2n) is 5.90. The molecule has 0 aliphatic carbocycles. The van der Waals surface area contributed by atoms with Gasteiger partial charge in [0.05, 0.1) is 12.2 Å². The number of amides is 1. The van der Waals surface area contributed by atoms with Crippen molar-refractivity contribution in [3.8, 4) is 0 Å². The maximum absolute atomic E-state index is 13.0. The van der Waals surface area contributed by atoms with Gasteiger partial charge in [-0.2, -0.15) is 0 Å². The Balaban J connectivity index is 1.74. The lowest BCUT2D eigenvalue weighted by Crippen LogP contribution is -2.38. The first-order valence-corrected chi connectivity index (χ1v) is 8.86. The molecule has 1 saturated heterocycles. The van der Waals surface area contributed by atoms with Gasteiger partial charge in [0, 0.05) is 24.7 Å². The van der Waals surface area contributed by atoms with Crippen LogP contribution in [0.5, 0.6) is 0 Å². The Labute approximate surface area is 140 Å². The smallest absolute Gasteiger partial charge is 0.259 e. The van der Waals surface area contributed by atoms with Crippen LogP contribution < -0.4 is 0 Å². The summed E-state index contributed by atoms with van der Waals surface area (Å²) in [5.74, 6) is 0.563. The van der Waals surface area contributed by atoms with E-state index in [1.165, 1.54) is 12.8 Å². The molecule has 0 aromatic carbocycles. The molecule has 2 aromatic rings. The van der Waals surface area contributed by atoms with E-state index in [1.807, 2.05) is 17.2 Å². The van der Waals surface area contributed by atoms with Crippen LogP contribution in [0.1, 0.15) is 39.7 Å². The lowest BCUT2D eigenvalue weighted by atomic mass is 10.1. The summed E-state index contributed by atoms with van der Waals surface area (Å²) < 4.78 is 5.16. The van der Waals surface area contributed by atoms with Crippen LogP contribution in [0.3, 0.4) is 0 Å². The van der Waals surface area contributed by atoms with E-state index in [1.54, 1.807) is 24.5 Å². The van der Waals surface area contributed by atoms with Gasteiger partial charge >= 0.3 is 0 Å². The fourth-order valence-corrected chi connectivity index (χ4v) is 3.59. The summed E-state index contributed by atoms with van der Waals surface area (Å²) in [5.41, 5.74) is 1.24. The molecule has 7 heteroatoms. The quantitative estimate of drug-likeness (QED) is 0.812. The van der Waals surface area contributed by atoms with E-state index in [4.69, 9.17) is 4.52 Å². The number of carbonyl (C=O) groups is 1. The second kappa shape index (κ2) is 7.23. The number of thiazole rings is 1. The van der Waals surface area contributed by atoms with Crippen molar-refractivity contribution in [2.75, 3.05) is 26.2 Å². The molecule has 0 atom stereocenters. The van der Waals surface area contributed by atoms with E-state index in [2.05, 4.69) is 15.0 Å². The highest BCUT2D eigenvalue weighted by Gasteiger charge is 2.25. The Morgan fingerprint density at radius 1 is 1.39 bits per heavy atom. The molecule has 1 aliphatic heterocycles. The predicted molar refractivity (Wildman–Crippen MR) is 88.5 cm³/mol. The van der Waals surface area contributed by atoms with E-state index >= 15 is 0 Å². The van der Waals surface area contributed by atoms with Crippen molar-refractivity contribution in [3.05, 3.63) is 33.6 Å². The Bertz CT molecular complexity index is 628. The second-order valence-corrected chi connectivity index (χ2v) is 6.88. The molecule has 0 unspecified atom stereocenters. The summed E-state index contributed by atoms with van der Waals surface area (Å²) in [7, 11) is 0. The highest BCUT2D eigenvalue weighted by Crippen LogP contribution is 2.18. The van der Waals surface area contributed by atoms with E-state index in [-0.39, 0.29) is 5.91 Å². The average molecular weight is 334 g/mol. The van der Waals surface area contributed by atoms with Gasteiger partial charge in [0.1, 0.15) is 16.3 Å². The average Bonchev–Trinajstić information content (AvgIpc) is 3.26. The molecular formula is C16H22N4O2S. The zero-order chi connectivity index (χ0) is 16.2. The third kappa shape index (κ3) is 3.79. The molecule has 1 fully saturated rings. The molecule has 1 amide bonds. The van der Waals surface area contributed by atoms with Crippen molar-refractivity contribution < 1.29 is 9.32 Å². The number of carbonyl (C=O) groups excluding carboxylic acids is 1. The SMILES string of the molecule is Cc1noc(C)c1C(=O)N(CCN1CCCC1)Cc1nccs1. The molecule has 0 saturated carbocycles. The number of rotatable bonds is 6. The van der Waals surface area contributed by atoms with Crippen molar-refractivity contribution in [2.45, 2.75) is 33.2 Å². The van der Waals surface area contributed by atoms with Crippen molar-refractivity contribution in [3.63, 3.8) is 0 Å². The minimum atomic E-state index is -0.0179. The van der Waals surface area contributed by atoms with Gasteiger partial charge in [-0.05, 0) is 39.8 Å². The number of hydrogen-bond acceptors (Lipinski definition) is 6. The summed E-state index contributed by atoms with van der Waals surface area (Å²) in [4.78, 5) is 21.6. The number of aryl methyl sites for hydroxylation is 2. The zero-order valence-corrected chi connectivity index (χ0v) is 14.4. The lowest BCUT2D eigenvalue weighted by Gasteiger charge is -2.24. The summed E-state index contributed by atoms with van der Waals surface area (Å²) in [6, 6.07) is 0. The predicted octanol–water partition coefficient (Wildman–Crippen LogP) is 2.49. The molecule has 3 rings (SSSR count). The third-order valence-electron chi connectivity index (χ3n) is 4.23. The first-order chi connectivity index (χ1) is 11.1. The first-order valence-electron chi connectivity index (χ1n) is 7.98. The van der Waals surface area contributed by atoms with E-state index in [0.717, 1.165) is 24.6 Å². The zero-order valence-electron chi connectivity index (χ0n) is 13.6. The third-order valence-corrected chi connectivity index (χ3v) is 4.99. The van der Waals surface area contributed by atoms with Crippen LogP contribution in [0.25, 0.3) is 0 Å². The van der Waals surface area contributed by atoms with Crippen LogP contribution in [0.2, 0.25) is 0 Å². The van der Waals surface area contributed by atoms with Crippen molar-refractivity contribution in [1.29, 1.82) is 0 Å². The van der Waals surface area contributed by atoms with Gasteiger partial charge in [-0.3, -0.25) is 4.79 Å². The number of hydrogen-bond donors (Lipinski definition) is 0. The summed E-state index contributed by atoms with van der Waals surface area (Å²) in [6.45, 7) is 7.99. The van der Waals surface area contributed by atoms with Gasteiger partial charge in [0.2, 0.25) is 0 Å². The van der Waals surface area contributed by atoms with Crippen LogP contribution in [-0.2, 0) is 6.54 Å². The molecule has 0 N–H and O–H groups in total. The fraction of sp³-hybridized carbons (Fsp3) is 0.562. The van der Waals surface area contributed by atoms with Gasteiger partial charge in [-0.15, -0.1) is 11.3 Å². The Morgan fingerprint density at radius 2 is 2.17 bits per heavy atom. The molecule has 2 aromatic heterocycles. The highest BCUT2D eigenvalue weighted by atomic mass is 32.1. The monoisotopic (exact) mass is 334 g/mol. The van der Waals surface area contributed by atoms with Crippen molar-refractivity contribution >= 4 is 17.2 Å². The summed E-state index contributed by atoms with van der Waals surface area (Å²) >= 11 is 1.57. The van der Waals surface area contributed by atoms with Crippen LogP contribution in [0.15, 0.2) is 16.1 Å². The van der Waals surface area contributed by atoms with Gasteiger partial charge in [0.25, 0.3) is 5.91 Å². The Hall–Kier alpha value is -1.73. The summed E-state index contributed by atoms with van der Waals surface area (Å²) in [6.07, 6.45) is 4.29. The molecule has 6 nitrogen and oxygen atoms in total. The molecule has 0 bridgehead atoms. The van der Waals surface area contributed by atoms with Crippen molar-refractivity contribution in [1.82, 2.24) is 19.9 Å². The molecule has 124 valence electrons. The molecule has 3 heterocycles. The van der Waals surface area contributed by atoms with Crippen LogP contribution >= 0.6 is 11.3 Å². The van der Waals surface area contributed by atoms with Gasteiger partial charge in [-0.1, -0.05) is 5.16 Å². The topological polar surface area (TPSA) is 62.5 Å². The van der Waals surface area contributed by atoms with Gasteiger partial charge in [-0.25, -0.2) is 4.98 Å². The maximum Gasteiger partial charge on any atom is 0.259 e. The number of likely N-dealkylation sites (tertiary alicyclic amines) is 1. The van der Waals surface area contributed by atoms with Crippen LogP contribution in [-0.4, -0.2) is 52.0 Å². The first kappa shape index (κ1) is 16.1. The summed E-state index contributed by atoms with van der Waals surface area (Å²) in [5, 5.41) is 6.80. The molecular weight excluding hydrogens is 312 g/mol. The maximum atomic E-state index is 13.0. The molecule has 1 aliphatic rings. The highest BCUT2D eigenvalue weighted by molar-refractivity contribution is 7.09. The largest absolute Gasteiger partial charge is 0.361 e. The molecule has 0 radical (unpaired) electrons. The van der Waals surface area contributed by atoms with Gasteiger partial charge < -0.3 is 14.3 Å². The van der Waals surface area contributed by atoms with Crippen LogP contribution in [0, 0.1) is 13.8 Å².